The van der Waals surface area contributed by atoms with Crippen molar-refractivity contribution >= 4 is 21.8 Å². The quantitative estimate of drug-likeness (QED) is 0.788. The van der Waals surface area contributed by atoms with E-state index in [1.54, 1.807) is 13.2 Å². The van der Waals surface area contributed by atoms with Gasteiger partial charge in [-0.15, -0.1) is 0 Å². The number of amides is 1. The minimum absolute atomic E-state index is 0.0800. The number of aromatic nitrogens is 2. The first-order valence-electron chi connectivity index (χ1n) is 5.84. The molecule has 4 nitrogen and oxygen atoms in total. The first-order valence-corrected chi connectivity index (χ1v) is 6.63. The Morgan fingerprint density at radius 1 is 1.53 bits per heavy atom. The van der Waals surface area contributed by atoms with Gasteiger partial charge in [0.2, 0.25) is 0 Å². The van der Waals surface area contributed by atoms with Crippen LogP contribution in [0.2, 0.25) is 0 Å². The van der Waals surface area contributed by atoms with E-state index in [1.165, 1.54) is 9.58 Å². The maximum absolute atomic E-state index is 12.7. The van der Waals surface area contributed by atoms with Crippen LogP contribution in [0.15, 0.2) is 10.7 Å². The molecule has 0 N–H and O–H groups in total. The van der Waals surface area contributed by atoms with Crippen LogP contribution in [0.4, 0.5) is 13.2 Å². The Bertz CT molecular complexity index is 486. The zero-order valence-corrected chi connectivity index (χ0v) is 11.8. The highest BCUT2D eigenvalue weighted by atomic mass is 79.9. The van der Waals surface area contributed by atoms with E-state index in [9.17, 15) is 18.0 Å². The predicted molar refractivity (Wildman–Crippen MR) is 65.6 cm³/mol. The highest BCUT2D eigenvalue weighted by Crippen LogP contribution is 2.33. The third-order valence-corrected chi connectivity index (χ3v) is 3.74. The zero-order chi connectivity index (χ0) is 14.2. The molecule has 1 atom stereocenters. The number of halogens is 4. The average Bonchev–Trinajstić information content (AvgIpc) is 2.66. The Labute approximate surface area is 116 Å². The number of hydrogen-bond acceptors (Lipinski definition) is 2. The van der Waals surface area contributed by atoms with Gasteiger partial charge in [0.25, 0.3) is 5.91 Å². The molecule has 1 aromatic rings. The number of aryl methyl sites for hydroxylation is 1. The fraction of sp³-hybridized carbons (Fsp3) is 0.636. The first kappa shape index (κ1) is 14.4. The van der Waals surface area contributed by atoms with E-state index in [2.05, 4.69) is 21.0 Å². The van der Waals surface area contributed by atoms with Crippen molar-refractivity contribution in [1.82, 2.24) is 14.7 Å². The monoisotopic (exact) mass is 339 g/mol. The lowest BCUT2D eigenvalue weighted by atomic mass is 9.97. The fourth-order valence-electron chi connectivity index (χ4n) is 2.18. The standard InChI is InChI=1S/C11H13BrF3N3O/c1-17-6-8(12)9(16-17)10(19)18-4-2-3-7(5-18)11(13,14)15/h6-7H,2-5H2,1H3. The van der Waals surface area contributed by atoms with Crippen LogP contribution >= 0.6 is 15.9 Å². The summed E-state index contributed by atoms with van der Waals surface area (Å²) in [6.45, 7) is 0.0553. The summed E-state index contributed by atoms with van der Waals surface area (Å²) in [5.74, 6) is -1.89. The molecule has 1 fully saturated rings. The van der Waals surface area contributed by atoms with Gasteiger partial charge in [-0.3, -0.25) is 9.48 Å². The second-order valence-corrected chi connectivity index (χ2v) is 5.49. The SMILES string of the molecule is Cn1cc(Br)c(C(=O)N2CCCC(C(F)(F)F)C2)n1. The van der Waals surface area contributed by atoms with Gasteiger partial charge in [0.15, 0.2) is 5.69 Å². The van der Waals surface area contributed by atoms with Crippen LogP contribution < -0.4 is 0 Å². The number of likely N-dealkylation sites (tertiary alicyclic amines) is 1. The Morgan fingerprint density at radius 2 is 2.21 bits per heavy atom. The number of carbonyl (C=O) groups is 1. The van der Waals surface area contributed by atoms with E-state index in [-0.39, 0.29) is 18.7 Å². The van der Waals surface area contributed by atoms with Crippen molar-refractivity contribution in [2.75, 3.05) is 13.1 Å². The Morgan fingerprint density at radius 3 is 2.74 bits per heavy atom. The third-order valence-electron chi connectivity index (χ3n) is 3.16. The van der Waals surface area contributed by atoms with Crippen LogP contribution in [0.3, 0.4) is 0 Å². The molecule has 0 saturated carbocycles. The molecular formula is C11H13BrF3N3O. The molecule has 1 aromatic heterocycles. The Hall–Kier alpha value is -1.05. The highest BCUT2D eigenvalue weighted by Gasteiger charge is 2.43. The van der Waals surface area contributed by atoms with Crippen molar-refractivity contribution in [3.63, 3.8) is 0 Å². The number of hydrogen-bond donors (Lipinski definition) is 0. The van der Waals surface area contributed by atoms with Gasteiger partial charge in [0, 0.05) is 26.3 Å². The van der Waals surface area contributed by atoms with Crippen LogP contribution in [0.25, 0.3) is 0 Å². The van der Waals surface area contributed by atoms with Gasteiger partial charge >= 0.3 is 6.18 Å². The molecule has 0 radical (unpaired) electrons. The second-order valence-electron chi connectivity index (χ2n) is 4.63. The van der Waals surface area contributed by atoms with E-state index < -0.39 is 18.0 Å². The van der Waals surface area contributed by atoms with Gasteiger partial charge in [-0.05, 0) is 28.8 Å². The average molecular weight is 340 g/mol. The minimum Gasteiger partial charge on any atom is -0.337 e. The molecule has 0 aliphatic carbocycles. The van der Waals surface area contributed by atoms with Gasteiger partial charge < -0.3 is 4.90 Å². The summed E-state index contributed by atoms with van der Waals surface area (Å²) in [5.41, 5.74) is 0.158. The van der Waals surface area contributed by atoms with E-state index in [0.29, 0.717) is 17.4 Å². The van der Waals surface area contributed by atoms with Crippen molar-refractivity contribution in [1.29, 1.82) is 0 Å². The molecule has 1 unspecified atom stereocenters. The van der Waals surface area contributed by atoms with E-state index in [0.717, 1.165) is 0 Å². The fourth-order valence-corrected chi connectivity index (χ4v) is 2.73. The molecule has 0 aromatic carbocycles. The van der Waals surface area contributed by atoms with Gasteiger partial charge in [-0.25, -0.2) is 0 Å². The van der Waals surface area contributed by atoms with E-state index in [1.807, 2.05) is 0 Å². The largest absolute Gasteiger partial charge is 0.393 e. The maximum Gasteiger partial charge on any atom is 0.393 e. The Balaban J connectivity index is 2.14. The number of carbonyl (C=O) groups excluding carboxylic acids is 1. The molecule has 8 heteroatoms. The highest BCUT2D eigenvalue weighted by molar-refractivity contribution is 9.10. The lowest BCUT2D eigenvalue weighted by Crippen LogP contribution is -2.44. The molecule has 1 amide bonds. The molecule has 2 rings (SSSR count). The summed E-state index contributed by atoms with van der Waals surface area (Å²) >= 11 is 3.19. The number of piperidine rings is 1. The van der Waals surface area contributed by atoms with Crippen LogP contribution in [-0.4, -0.2) is 39.9 Å². The molecule has 106 valence electrons. The molecule has 0 bridgehead atoms. The molecule has 1 aliphatic heterocycles. The molecule has 19 heavy (non-hydrogen) atoms. The topological polar surface area (TPSA) is 38.1 Å². The summed E-state index contributed by atoms with van der Waals surface area (Å²) in [6.07, 6.45) is -2.21. The molecule has 1 saturated heterocycles. The maximum atomic E-state index is 12.7. The Kier molecular flexibility index (Phi) is 3.89. The molecular weight excluding hydrogens is 327 g/mol. The van der Waals surface area contributed by atoms with Gasteiger partial charge in [0.05, 0.1) is 10.4 Å². The predicted octanol–water partition coefficient (Wildman–Crippen LogP) is 2.60. The van der Waals surface area contributed by atoms with Crippen molar-refractivity contribution in [3.8, 4) is 0 Å². The number of nitrogens with zero attached hydrogens (tertiary/aromatic N) is 3. The first-order chi connectivity index (χ1) is 8.79. The van der Waals surface area contributed by atoms with Crippen LogP contribution in [0.1, 0.15) is 23.3 Å². The van der Waals surface area contributed by atoms with Gasteiger partial charge in [0.1, 0.15) is 0 Å². The van der Waals surface area contributed by atoms with Gasteiger partial charge in [-0.1, -0.05) is 0 Å². The smallest absolute Gasteiger partial charge is 0.337 e. The summed E-state index contributed by atoms with van der Waals surface area (Å²) in [6, 6.07) is 0. The summed E-state index contributed by atoms with van der Waals surface area (Å²) in [5, 5.41) is 3.97. The van der Waals surface area contributed by atoms with E-state index >= 15 is 0 Å². The lowest BCUT2D eigenvalue weighted by molar-refractivity contribution is -0.184. The minimum atomic E-state index is -4.25. The summed E-state index contributed by atoms with van der Waals surface area (Å²) < 4.78 is 40.0. The number of rotatable bonds is 1. The van der Waals surface area contributed by atoms with Crippen LogP contribution in [0, 0.1) is 5.92 Å². The molecule has 2 heterocycles. The summed E-state index contributed by atoms with van der Waals surface area (Å²) in [7, 11) is 1.65. The van der Waals surface area contributed by atoms with Crippen LogP contribution in [-0.2, 0) is 7.05 Å². The lowest BCUT2D eigenvalue weighted by Gasteiger charge is -2.33. The second kappa shape index (κ2) is 5.15. The van der Waals surface area contributed by atoms with Crippen molar-refractivity contribution in [2.45, 2.75) is 19.0 Å². The normalized spacial score (nSPS) is 20.7. The zero-order valence-electron chi connectivity index (χ0n) is 10.2. The molecule has 1 aliphatic rings. The third kappa shape index (κ3) is 3.10. The summed E-state index contributed by atoms with van der Waals surface area (Å²) in [4.78, 5) is 13.4. The van der Waals surface area contributed by atoms with Crippen molar-refractivity contribution in [2.24, 2.45) is 13.0 Å². The van der Waals surface area contributed by atoms with Crippen LogP contribution in [0.5, 0.6) is 0 Å². The molecule has 0 spiro atoms. The van der Waals surface area contributed by atoms with Crippen molar-refractivity contribution in [3.05, 3.63) is 16.4 Å². The van der Waals surface area contributed by atoms with Crippen molar-refractivity contribution < 1.29 is 18.0 Å². The van der Waals surface area contributed by atoms with E-state index in [4.69, 9.17) is 0 Å². The number of alkyl halides is 3. The van der Waals surface area contributed by atoms with Gasteiger partial charge in [-0.2, -0.15) is 18.3 Å².